The Hall–Kier alpha value is -0.390. The lowest BCUT2D eigenvalue weighted by molar-refractivity contribution is 0.553. The van der Waals surface area contributed by atoms with Crippen molar-refractivity contribution < 1.29 is 0 Å². The Kier molecular flexibility index (Phi) is 4.59. The highest BCUT2D eigenvalue weighted by Crippen LogP contribution is 2.27. The van der Waals surface area contributed by atoms with E-state index in [1.165, 1.54) is 11.1 Å². The molecule has 1 aromatic heterocycles. The molecular weight excluding hydrogens is 320 g/mol. The number of hydrogen-bond donors (Lipinski definition) is 2. The second-order valence-electron chi connectivity index (χ2n) is 3.74. The molecule has 2 aromatic rings. The van der Waals surface area contributed by atoms with Crippen LogP contribution in [-0.2, 0) is 6.42 Å². The summed E-state index contributed by atoms with van der Waals surface area (Å²) in [6, 6.07) is 10.0. The molecule has 1 unspecified atom stereocenters. The number of nitrogens with two attached hydrogens (primary N) is 1. The molecule has 3 N–H and O–H groups in total. The minimum Gasteiger partial charge on any atom is -0.271 e. The first-order valence-electron chi connectivity index (χ1n) is 5.13. The van der Waals surface area contributed by atoms with Gasteiger partial charge in [0, 0.05) is 5.02 Å². The predicted molar refractivity (Wildman–Crippen MR) is 77.2 cm³/mol. The van der Waals surface area contributed by atoms with Crippen molar-refractivity contribution in [2.75, 3.05) is 0 Å². The number of hydrogen-bond acceptors (Lipinski definition) is 3. The highest BCUT2D eigenvalue weighted by molar-refractivity contribution is 9.11. The number of rotatable bonds is 4. The second kappa shape index (κ2) is 5.98. The Morgan fingerprint density at radius 3 is 2.82 bits per heavy atom. The maximum Gasteiger partial charge on any atom is 0.0701 e. The molecule has 0 fully saturated rings. The maximum absolute atomic E-state index is 5.96. The largest absolute Gasteiger partial charge is 0.271 e. The van der Waals surface area contributed by atoms with Crippen LogP contribution < -0.4 is 11.3 Å². The molecule has 1 aromatic carbocycles. The van der Waals surface area contributed by atoms with Gasteiger partial charge in [-0.15, -0.1) is 11.3 Å². The molecule has 0 saturated carbocycles. The number of thiophene rings is 1. The number of benzene rings is 1. The normalized spacial score (nSPS) is 12.6. The van der Waals surface area contributed by atoms with Crippen LogP contribution in [0.2, 0.25) is 5.02 Å². The van der Waals surface area contributed by atoms with Gasteiger partial charge in [-0.2, -0.15) is 0 Å². The van der Waals surface area contributed by atoms with Gasteiger partial charge in [-0.1, -0.05) is 23.7 Å². The first-order chi connectivity index (χ1) is 8.19. The molecule has 0 aliphatic rings. The van der Waals surface area contributed by atoms with Gasteiger partial charge < -0.3 is 0 Å². The van der Waals surface area contributed by atoms with Crippen molar-refractivity contribution in [1.29, 1.82) is 0 Å². The summed E-state index contributed by atoms with van der Waals surface area (Å²) in [5.41, 5.74) is 5.20. The maximum atomic E-state index is 5.96. The third-order valence-corrected chi connectivity index (χ3v) is 4.28. The van der Waals surface area contributed by atoms with Crippen LogP contribution in [0.1, 0.15) is 17.2 Å². The van der Waals surface area contributed by atoms with Crippen molar-refractivity contribution in [3.63, 3.8) is 0 Å². The van der Waals surface area contributed by atoms with Crippen LogP contribution in [0.25, 0.3) is 0 Å². The zero-order valence-corrected chi connectivity index (χ0v) is 12.1. The molecule has 2 rings (SSSR count). The topological polar surface area (TPSA) is 38.0 Å². The first kappa shape index (κ1) is 13.1. The average Bonchev–Trinajstić information content (AvgIpc) is 2.73. The third-order valence-electron chi connectivity index (χ3n) is 2.52. The smallest absolute Gasteiger partial charge is 0.0701 e. The van der Waals surface area contributed by atoms with Gasteiger partial charge in [0.05, 0.1) is 9.83 Å². The van der Waals surface area contributed by atoms with E-state index in [9.17, 15) is 0 Å². The summed E-state index contributed by atoms with van der Waals surface area (Å²) in [5.74, 6) is 5.61. The van der Waals surface area contributed by atoms with E-state index in [2.05, 4.69) is 38.9 Å². The quantitative estimate of drug-likeness (QED) is 0.658. The summed E-state index contributed by atoms with van der Waals surface area (Å²) in [6.45, 7) is 0. The lowest BCUT2D eigenvalue weighted by Gasteiger charge is -2.14. The lowest BCUT2D eigenvalue weighted by Crippen LogP contribution is -2.29. The summed E-state index contributed by atoms with van der Waals surface area (Å²) >= 11 is 11.1. The molecule has 0 aliphatic carbocycles. The van der Waals surface area contributed by atoms with Crippen LogP contribution >= 0.6 is 38.9 Å². The molecule has 0 aliphatic heterocycles. The van der Waals surface area contributed by atoms with Gasteiger partial charge in [-0.05, 0) is 57.1 Å². The highest BCUT2D eigenvalue weighted by atomic mass is 79.9. The van der Waals surface area contributed by atoms with E-state index in [-0.39, 0.29) is 6.04 Å². The molecular formula is C12H12BrClN2S. The Balaban J connectivity index is 2.15. The van der Waals surface area contributed by atoms with Gasteiger partial charge in [-0.3, -0.25) is 11.3 Å². The van der Waals surface area contributed by atoms with Crippen LogP contribution in [0.3, 0.4) is 0 Å². The van der Waals surface area contributed by atoms with E-state index < -0.39 is 0 Å². The van der Waals surface area contributed by atoms with Crippen molar-refractivity contribution in [2.45, 2.75) is 12.5 Å². The van der Waals surface area contributed by atoms with E-state index in [0.717, 1.165) is 15.2 Å². The fourth-order valence-corrected chi connectivity index (χ4v) is 3.12. The molecule has 0 spiro atoms. The van der Waals surface area contributed by atoms with E-state index in [0.29, 0.717) is 0 Å². The monoisotopic (exact) mass is 330 g/mol. The number of halogens is 2. The van der Waals surface area contributed by atoms with Crippen molar-refractivity contribution in [2.24, 2.45) is 5.84 Å². The number of nitrogens with one attached hydrogen (secondary N) is 1. The SMILES string of the molecule is NNC(Cc1cccc(Cl)c1)c1csc(Br)c1. The van der Waals surface area contributed by atoms with Gasteiger partial charge >= 0.3 is 0 Å². The van der Waals surface area contributed by atoms with Crippen molar-refractivity contribution in [1.82, 2.24) is 5.43 Å². The van der Waals surface area contributed by atoms with Crippen LogP contribution in [0.5, 0.6) is 0 Å². The summed E-state index contributed by atoms with van der Waals surface area (Å²) in [7, 11) is 0. The Labute approximate surface area is 118 Å². The van der Waals surface area contributed by atoms with Crippen molar-refractivity contribution in [3.8, 4) is 0 Å². The standard InChI is InChI=1S/C12H12BrClN2S/c13-12-6-9(7-17-12)11(16-15)5-8-2-1-3-10(14)4-8/h1-4,6-7,11,16H,5,15H2. The minimum absolute atomic E-state index is 0.107. The molecule has 0 saturated heterocycles. The molecule has 90 valence electrons. The van der Waals surface area contributed by atoms with Crippen LogP contribution in [0.4, 0.5) is 0 Å². The van der Waals surface area contributed by atoms with Gasteiger partial charge in [-0.25, -0.2) is 0 Å². The van der Waals surface area contributed by atoms with Crippen LogP contribution in [0.15, 0.2) is 39.5 Å². The zero-order valence-electron chi connectivity index (χ0n) is 8.99. The summed E-state index contributed by atoms with van der Waals surface area (Å²) in [4.78, 5) is 0. The van der Waals surface area contributed by atoms with E-state index >= 15 is 0 Å². The van der Waals surface area contributed by atoms with Crippen molar-refractivity contribution >= 4 is 38.9 Å². The molecule has 5 heteroatoms. The van der Waals surface area contributed by atoms with Gasteiger partial charge in [0.25, 0.3) is 0 Å². The third kappa shape index (κ3) is 3.53. The van der Waals surface area contributed by atoms with E-state index in [1.54, 1.807) is 11.3 Å². The lowest BCUT2D eigenvalue weighted by atomic mass is 10.0. The summed E-state index contributed by atoms with van der Waals surface area (Å²) in [6.07, 6.45) is 0.820. The van der Waals surface area contributed by atoms with Crippen molar-refractivity contribution in [3.05, 3.63) is 55.6 Å². The fraction of sp³-hybridized carbons (Fsp3) is 0.167. The minimum atomic E-state index is 0.107. The number of hydrazine groups is 1. The predicted octanol–water partition coefficient (Wildman–Crippen LogP) is 3.91. The molecule has 0 radical (unpaired) electrons. The van der Waals surface area contributed by atoms with Gasteiger partial charge in [0.15, 0.2) is 0 Å². The molecule has 0 bridgehead atoms. The summed E-state index contributed by atoms with van der Waals surface area (Å²) in [5, 5.41) is 2.85. The Morgan fingerprint density at radius 2 is 2.24 bits per heavy atom. The van der Waals surface area contributed by atoms with Crippen LogP contribution in [0, 0.1) is 0 Å². The average molecular weight is 332 g/mol. The van der Waals surface area contributed by atoms with E-state index in [4.69, 9.17) is 17.4 Å². The molecule has 17 heavy (non-hydrogen) atoms. The first-order valence-corrected chi connectivity index (χ1v) is 7.18. The molecule has 1 atom stereocenters. The second-order valence-corrected chi connectivity index (χ2v) is 6.46. The summed E-state index contributed by atoms with van der Waals surface area (Å²) < 4.78 is 1.11. The molecule has 1 heterocycles. The fourth-order valence-electron chi connectivity index (χ4n) is 1.68. The highest BCUT2D eigenvalue weighted by Gasteiger charge is 2.12. The van der Waals surface area contributed by atoms with E-state index in [1.807, 2.05) is 18.2 Å². The Morgan fingerprint density at radius 1 is 1.41 bits per heavy atom. The van der Waals surface area contributed by atoms with Crippen LogP contribution in [-0.4, -0.2) is 0 Å². The van der Waals surface area contributed by atoms with Gasteiger partial charge in [0.2, 0.25) is 0 Å². The molecule has 0 amide bonds. The molecule has 2 nitrogen and oxygen atoms in total. The zero-order chi connectivity index (χ0) is 12.3. The van der Waals surface area contributed by atoms with Gasteiger partial charge in [0.1, 0.15) is 0 Å². The Bertz CT molecular complexity index is 501.